The van der Waals surface area contributed by atoms with Crippen molar-refractivity contribution in [3.63, 3.8) is 0 Å². The van der Waals surface area contributed by atoms with Gasteiger partial charge in [-0.25, -0.2) is 0 Å². The molecule has 4 nitrogen and oxygen atoms in total. The molecule has 0 aromatic heterocycles. The van der Waals surface area contributed by atoms with Crippen LogP contribution < -0.4 is 10.1 Å². The van der Waals surface area contributed by atoms with Gasteiger partial charge in [0.05, 0.1) is 0 Å². The zero-order chi connectivity index (χ0) is 14.7. The van der Waals surface area contributed by atoms with Crippen LogP contribution in [0.15, 0.2) is 24.3 Å². The smallest absolute Gasteiger partial charge is 0.260 e. The quantitative estimate of drug-likeness (QED) is 0.798. The first-order chi connectivity index (χ1) is 10.3. The summed E-state index contributed by atoms with van der Waals surface area (Å²) >= 11 is 0. The summed E-state index contributed by atoms with van der Waals surface area (Å²) in [5.74, 6) is 0.927. The van der Waals surface area contributed by atoms with E-state index in [-0.39, 0.29) is 12.5 Å². The van der Waals surface area contributed by atoms with Crippen molar-refractivity contribution in [3.8, 4) is 5.75 Å². The van der Waals surface area contributed by atoms with E-state index < -0.39 is 0 Å². The summed E-state index contributed by atoms with van der Waals surface area (Å²) in [6.07, 6.45) is 4.83. The third-order valence-corrected chi connectivity index (χ3v) is 4.13. The molecule has 1 aromatic carbocycles. The van der Waals surface area contributed by atoms with Gasteiger partial charge in [0.15, 0.2) is 6.61 Å². The Morgan fingerprint density at radius 2 is 2.05 bits per heavy atom. The second-order valence-corrected chi connectivity index (χ2v) is 5.96. The van der Waals surface area contributed by atoms with Gasteiger partial charge in [0, 0.05) is 30.7 Å². The number of para-hydroxylation sites is 1. The molecule has 0 heterocycles. The molecule has 2 aliphatic rings. The topological polar surface area (TPSA) is 41.6 Å². The minimum Gasteiger partial charge on any atom is -0.483 e. The van der Waals surface area contributed by atoms with Gasteiger partial charge in [-0.1, -0.05) is 18.2 Å². The zero-order valence-electron chi connectivity index (χ0n) is 12.7. The zero-order valence-corrected chi connectivity index (χ0v) is 12.7. The minimum atomic E-state index is 0.102. The molecule has 4 heteroatoms. The summed E-state index contributed by atoms with van der Waals surface area (Å²) in [6, 6.07) is 9.11. The molecule has 2 fully saturated rings. The van der Waals surface area contributed by atoms with Crippen LogP contribution in [-0.2, 0) is 11.3 Å². The van der Waals surface area contributed by atoms with Gasteiger partial charge in [0.1, 0.15) is 5.75 Å². The molecule has 1 aromatic rings. The molecule has 0 radical (unpaired) electrons. The lowest BCUT2D eigenvalue weighted by molar-refractivity contribution is -0.133. The van der Waals surface area contributed by atoms with Crippen molar-refractivity contribution in [2.45, 2.75) is 51.2 Å². The highest BCUT2D eigenvalue weighted by atomic mass is 16.5. The maximum Gasteiger partial charge on any atom is 0.260 e. The van der Waals surface area contributed by atoms with Crippen molar-refractivity contribution in [2.75, 3.05) is 13.2 Å². The molecule has 0 aliphatic heterocycles. The van der Waals surface area contributed by atoms with Crippen LogP contribution in [0.2, 0.25) is 0 Å². The van der Waals surface area contributed by atoms with E-state index in [1.54, 1.807) is 0 Å². The van der Waals surface area contributed by atoms with E-state index in [2.05, 4.69) is 11.4 Å². The van der Waals surface area contributed by atoms with Crippen molar-refractivity contribution in [3.05, 3.63) is 29.8 Å². The summed E-state index contributed by atoms with van der Waals surface area (Å²) in [5.41, 5.74) is 1.13. The van der Waals surface area contributed by atoms with Gasteiger partial charge >= 0.3 is 0 Å². The molecule has 0 saturated heterocycles. The molecule has 3 rings (SSSR count). The Kier molecular flexibility index (Phi) is 4.44. The number of nitrogens with one attached hydrogen (secondary N) is 1. The van der Waals surface area contributed by atoms with Gasteiger partial charge in [0.2, 0.25) is 0 Å². The van der Waals surface area contributed by atoms with Crippen molar-refractivity contribution >= 4 is 5.91 Å². The van der Waals surface area contributed by atoms with E-state index in [4.69, 9.17) is 4.74 Å². The van der Waals surface area contributed by atoms with Crippen LogP contribution >= 0.6 is 0 Å². The van der Waals surface area contributed by atoms with Crippen molar-refractivity contribution in [1.82, 2.24) is 10.2 Å². The number of rotatable bonds is 8. The Hall–Kier alpha value is -1.55. The number of carbonyl (C=O) groups is 1. The second kappa shape index (κ2) is 6.48. The lowest BCUT2D eigenvalue weighted by atomic mass is 10.2. The number of benzene rings is 1. The Labute approximate surface area is 126 Å². The van der Waals surface area contributed by atoms with Crippen molar-refractivity contribution in [2.24, 2.45) is 0 Å². The molecule has 0 spiro atoms. The number of nitrogens with zero attached hydrogens (tertiary/aromatic N) is 1. The third kappa shape index (κ3) is 3.97. The highest BCUT2D eigenvalue weighted by Crippen LogP contribution is 2.27. The van der Waals surface area contributed by atoms with E-state index in [0.717, 1.165) is 37.2 Å². The predicted molar refractivity (Wildman–Crippen MR) is 82.2 cm³/mol. The normalized spacial score (nSPS) is 17.6. The molecule has 0 atom stereocenters. The van der Waals surface area contributed by atoms with Crippen LogP contribution in [-0.4, -0.2) is 36.0 Å². The number of likely N-dealkylation sites (N-methyl/N-ethyl adjacent to an activating group) is 1. The van der Waals surface area contributed by atoms with E-state index >= 15 is 0 Å². The fraction of sp³-hybridized carbons (Fsp3) is 0.588. The monoisotopic (exact) mass is 288 g/mol. The summed E-state index contributed by atoms with van der Waals surface area (Å²) in [7, 11) is 0. The van der Waals surface area contributed by atoms with Gasteiger partial charge in [0.25, 0.3) is 5.91 Å². The summed E-state index contributed by atoms with van der Waals surface area (Å²) in [4.78, 5) is 14.1. The average Bonchev–Trinajstić information content (AvgIpc) is 3.37. The molecular formula is C17H24N2O2. The highest BCUT2D eigenvalue weighted by Gasteiger charge is 2.31. The van der Waals surface area contributed by atoms with Crippen molar-refractivity contribution < 1.29 is 9.53 Å². The van der Waals surface area contributed by atoms with Crippen LogP contribution in [0.3, 0.4) is 0 Å². The Morgan fingerprint density at radius 1 is 1.29 bits per heavy atom. The minimum absolute atomic E-state index is 0.102. The second-order valence-electron chi connectivity index (χ2n) is 5.96. The number of carbonyl (C=O) groups excluding carboxylic acids is 1. The largest absolute Gasteiger partial charge is 0.483 e. The molecule has 1 amide bonds. The lowest BCUT2D eigenvalue weighted by Crippen LogP contribution is -2.36. The molecular weight excluding hydrogens is 264 g/mol. The Balaban J connectivity index is 1.54. The van der Waals surface area contributed by atoms with E-state index in [9.17, 15) is 4.79 Å². The lowest BCUT2D eigenvalue weighted by Gasteiger charge is -2.21. The van der Waals surface area contributed by atoms with E-state index in [1.165, 1.54) is 12.8 Å². The molecule has 2 saturated carbocycles. The van der Waals surface area contributed by atoms with Crippen LogP contribution in [0.1, 0.15) is 38.2 Å². The Morgan fingerprint density at radius 3 is 2.71 bits per heavy atom. The van der Waals surface area contributed by atoms with Gasteiger partial charge in [-0.2, -0.15) is 0 Å². The van der Waals surface area contributed by atoms with Gasteiger partial charge in [-0.05, 0) is 38.7 Å². The molecule has 21 heavy (non-hydrogen) atoms. The molecule has 2 aliphatic carbocycles. The first-order valence-electron chi connectivity index (χ1n) is 8.01. The SMILES string of the molecule is CCN(C(=O)COc1ccccc1CNC1CC1)C1CC1. The summed E-state index contributed by atoms with van der Waals surface area (Å²) in [6.45, 7) is 3.77. The average molecular weight is 288 g/mol. The van der Waals surface area contributed by atoms with E-state index in [0.29, 0.717) is 12.1 Å². The van der Waals surface area contributed by atoms with Crippen LogP contribution in [0, 0.1) is 0 Å². The summed E-state index contributed by atoms with van der Waals surface area (Å²) < 4.78 is 5.78. The van der Waals surface area contributed by atoms with Gasteiger partial charge < -0.3 is 15.0 Å². The maximum absolute atomic E-state index is 12.2. The summed E-state index contributed by atoms with van der Waals surface area (Å²) in [5, 5.41) is 3.49. The molecule has 114 valence electrons. The van der Waals surface area contributed by atoms with Crippen LogP contribution in [0.5, 0.6) is 5.75 Å². The first kappa shape index (κ1) is 14.4. The van der Waals surface area contributed by atoms with Gasteiger partial charge in [-0.3, -0.25) is 4.79 Å². The fourth-order valence-corrected chi connectivity index (χ4v) is 2.58. The van der Waals surface area contributed by atoms with Crippen LogP contribution in [0.4, 0.5) is 0 Å². The number of hydrogen-bond acceptors (Lipinski definition) is 3. The maximum atomic E-state index is 12.2. The number of ether oxygens (including phenoxy) is 1. The highest BCUT2D eigenvalue weighted by molar-refractivity contribution is 5.78. The molecule has 0 unspecified atom stereocenters. The number of amides is 1. The number of hydrogen-bond donors (Lipinski definition) is 1. The van der Waals surface area contributed by atoms with E-state index in [1.807, 2.05) is 30.0 Å². The predicted octanol–water partition coefficient (Wildman–Crippen LogP) is 2.33. The van der Waals surface area contributed by atoms with Gasteiger partial charge in [-0.15, -0.1) is 0 Å². The Bertz CT molecular complexity index is 495. The standard InChI is InChI=1S/C17H24N2O2/c1-2-19(15-9-10-15)17(20)12-21-16-6-4-3-5-13(16)11-18-14-7-8-14/h3-6,14-15,18H,2,7-12H2,1H3. The molecule has 1 N–H and O–H groups in total. The molecule has 0 bridgehead atoms. The fourth-order valence-electron chi connectivity index (χ4n) is 2.58. The third-order valence-electron chi connectivity index (χ3n) is 4.13. The first-order valence-corrected chi connectivity index (χ1v) is 8.01. The van der Waals surface area contributed by atoms with Crippen molar-refractivity contribution in [1.29, 1.82) is 0 Å². The van der Waals surface area contributed by atoms with Crippen LogP contribution in [0.25, 0.3) is 0 Å².